The first-order chi connectivity index (χ1) is 11.7. The minimum atomic E-state index is -0.326. The predicted molar refractivity (Wildman–Crippen MR) is 106 cm³/mol. The summed E-state index contributed by atoms with van der Waals surface area (Å²) in [7, 11) is -0.326. The monoisotopic (exact) mass is 335 g/mol. The van der Waals surface area contributed by atoms with Gasteiger partial charge in [0, 0.05) is 27.8 Å². The maximum absolute atomic E-state index is 6.24. The second-order valence-electron chi connectivity index (χ2n) is 8.35. The lowest BCUT2D eigenvalue weighted by molar-refractivity contribution is 0.00578. The molecule has 2 heterocycles. The molecule has 4 rings (SSSR count). The summed E-state index contributed by atoms with van der Waals surface area (Å²) in [6, 6.07) is 15.6. The number of para-hydroxylation sites is 1. The maximum atomic E-state index is 6.24. The number of nitrogens with zero attached hydrogens (tertiary/aromatic N) is 1. The van der Waals surface area contributed by atoms with Crippen LogP contribution in [0.25, 0.3) is 21.8 Å². The lowest BCUT2D eigenvalue weighted by atomic mass is 9.79. The molecule has 3 aromatic rings. The van der Waals surface area contributed by atoms with E-state index in [2.05, 4.69) is 88.6 Å². The number of rotatable bonds is 2. The third-order valence-electron chi connectivity index (χ3n) is 5.78. The lowest BCUT2D eigenvalue weighted by Crippen LogP contribution is -2.41. The van der Waals surface area contributed by atoms with E-state index in [1.54, 1.807) is 0 Å². The molecule has 0 bridgehead atoms. The van der Waals surface area contributed by atoms with E-state index in [0.29, 0.717) is 6.04 Å². The Hall–Kier alpha value is -1.78. The predicted octanol–water partition coefficient (Wildman–Crippen LogP) is 4.67. The molecule has 1 aliphatic rings. The van der Waals surface area contributed by atoms with Gasteiger partial charge in [-0.3, -0.25) is 0 Å². The molecule has 0 unspecified atom stereocenters. The van der Waals surface area contributed by atoms with Crippen molar-refractivity contribution in [1.29, 1.82) is 0 Å². The highest BCUT2D eigenvalue weighted by molar-refractivity contribution is 6.62. The number of hydrogen-bond donors (Lipinski definition) is 0. The van der Waals surface area contributed by atoms with Gasteiger partial charge in [0.25, 0.3) is 0 Å². The minimum absolute atomic E-state index is 0.322. The summed E-state index contributed by atoms with van der Waals surface area (Å²) in [5.41, 5.74) is 2.95. The van der Waals surface area contributed by atoms with E-state index < -0.39 is 0 Å². The van der Waals surface area contributed by atoms with Gasteiger partial charge in [0.05, 0.1) is 11.2 Å². The molecule has 1 aromatic heterocycles. The Balaban J connectivity index is 1.89. The van der Waals surface area contributed by atoms with Crippen LogP contribution in [0.1, 0.15) is 47.6 Å². The quantitative estimate of drug-likeness (QED) is 0.635. The van der Waals surface area contributed by atoms with Crippen LogP contribution in [0.2, 0.25) is 0 Å². The zero-order chi connectivity index (χ0) is 18.0. The van der Waals surface area contributed by atoms with Crippen LogP contribution in [-0.4, -0.2) is 22.9 Å². The Bertz CT molecular complexity index is 939. The zero-order valence-corrected chi connectivity index (χ0v) is 16.0. The molecule has 0 aliphatic carbocycles. The van der Waals surface area contributed by atoms with E-state index in [1.807, 2.05) is 0 Å². The van der Waals surface area contributed by atoms with E-state index >= 15 is 0 Å². The fourth-order valence-corrected chi connectivity index (χ4v) is 3.70. The van der Waals surface area contributed by atoms with Crippen LogP contribution in [0.4, 0.5) is 0 Å². The number of benzene rings is 2. The van der Waals surface area contributed by atoms with Gasteiger partial charge in [0.15, 0.2) is 0 Å². The van der Waals surface area contributed by atoms with Gasteiger partial charge in [-0.1, -0.05) is 30.3 Å². The fourth-order valence-electron chi connectivity index (χ4n) is 3.70. The summed E-state index contributed by atoms with van der Waals surface area (Å²) in [5, 5.41) is 2.58. The molecule has 4 heteroatoms. The van der Waals surface area contributed by atoms with E-state index in [0.717, 1.165) is 5.46 Å². The molecular weight excluding hydrogens is 309 g/mol. The highest BCUT2D eigenvalue weighted by Gasteiger charge is 2.51. The number of fused-ring (bicyclic) bond motifs is 3. The molecule has 0 saturated carbocycles. The molecule has 3 nitrogen and oxygen atoms in total. The largest absolute Gasteiger partial charge is 0.494 e. The molecule has 1 fully saturated rings. The van der Waals surface area contributed by atoms with Crippen LogP contribution in [0.5, 0.6) is 0 Å². The van der Waals surface area contributed by atoms with Gasteiger partial charge >= 0.3 is 7.12 Å². The highest BCUT2D eigenvalue weighted by Crippen LogP contribution is 2.37. The van der Waals surface area contributed by atoms with Crippen molar-refractivity contribution < 1.29 is 9.31 Å². The first-order valence-electron chi connectivity index (χ1n) is 9.09. The third-order valence-corrected chi connectivity index (χ3v) is 5.78. The van der Waals surface area contributed by atoms with Crippen molar-refractivity contribution in [2.24, 2.45) is 0 Å². The van der Waals surface area contributed by atoms with Crippen molar-refractivity contribution >= 4 is 34.4 Å². The number of aromatic nitrogens is 1. The van der Waals surface area contributed by atoms with E-state index in [9.17, 15) is 0 Å². The standard InChI is InChI=1S/C21H26BNO2/c1-14(2)23-18-10-8-7-9-16(18)17-12-11-15(13-19(17)23)22-24-20(3,4)21(5,6)25-22/h7-14H,1-6H3. The van der Waals surface area contributed by atoms with E-state index in [1.165, 1.54) is 21.8 Å². The molecule has 0 amide bonds. The van der Waals surface area contributed by atoms with Crippen molar-refractivity contribution in [3.63, 3.8) is 0 Å². The minimum Gasteiger partial charge on any atom is -0.399 e. The third kappa shape index (κ3) is 2.43. The lowest BCUT2D eigenvalue weighted by Gasteiger charge is -2.32. The van der Waals surface area contributed by atoms with Crippen molar-refractivity contribution in [3.8, 4) is 0 Å². The average Bonchev–Trinajstić information content (AvgIpc) is 2.97. The zero-order valence-electron chi connectivity index (χ0n) is 16.0. The molecule has 130 valence electrons. The second kappa shape index (κ2) is 5.36. The second-order valence-corrected chi connectivity index (χ2v) is 8.35. The van der Waals surface area contributed by atoms with Gasteiger partial charge in [-0.05, 0) is 59.1 Å². The maximum Gasteiger partial charge on any atom is 0.494 e. The highest BCUT2D eigenvalue weighted by atomic mass is 16.7. The summed E-state index contributed by atoms with van der Waals surface area (Å²) >= 11 is 0. The van der Waals surface area contributed by atoms with Gasteiger partial charge < -0.3 is 13.9 Å². The van der Waals surface area contributed by atoms with Crippen LogP contribution in [0.15, 0.2) is 42.5 Å². The van der Waals surface area contributed by atoms with Crippen LogP contribution < -0.4 is 5.46 Å². The molecular formula is C21H26BNO2. The van der Waals surface area contributed by atoms with E-state index in [4.69, 9.17) is 9.31 Å². The first kappa shape index (κ1) is 16.7. The Morgan fingerprint density at radius 1 is 0.840 bits per heavy atom. The van der Waals surface area contributed by atoms with Crippen molar-refractivity contribution in [1.82, 2.24) is 4.57 Å². The molecule has 0 N–H and O–H groups in total. The van der Waals surface area contributed by atoms with Gasteiger partial charge in [-0.25, -0.2) is 0 Å². The first-order valence-corrected chi connectivity index (χ1v) is 9.09. The molecule has 0 spiro atoms. The van der Waals surface area contributed by atoms with Crippen LogP contribution >= 0.6 is 0 Å². The summed E-state index contributed by atoms with van der Waals surface area (Å²) in [6.45, 7) is 12.8. The van der Waals surface area contributed by atoms with Gasteiger partial charge in [-0.2, -0.15) is 0 Å². The topological polar surface area (TPSA) is 23.4 Å². The SMILES string of the molecule is CC(C)n1c2ccccc2c2ccc(B3OC(C)(C)C(C)(C)O3)cc21. The molecule has 25 heavy (non-hydrogen) atoms. The molecule has 2 aromatic carbocycles. The molecule has 0 radical (unpaired) electrons. The van der Waals surface area contributed by atoms with Crippen LogP contribution in [0.3, 0.4) is 0 Å². The number of hydrogen-bond acceptors (Lipinski definition) is 2. The normalized spacial score (nSPS) is 19.4. The summed E-state index contributed by atoms with van der Waals surface area (Å²) < 4.78 is 14.9. The Morgan fingerprint density at radius 3 is 2.08 bits per heavy atom. The Labute approximate surface area is 150 Å². The molecule has 1 saturated heterocycles. The van der Waals surface area contributed by atoms with Gasteiger partial charge in [-0.15, -0.1) is 0 Å². The summed E-state index contributed by atoms with van der Waals surface area (Å²) in [4.78, 5) is 0. The van der Waals surface area contributed by atoms with Crippen molar-refractivity contribution in [3.05, 3.63) is 42.5 Å². The van der Waals surface area contributed by atoms with Crippen LogP contribution in [0, 0.1) is 0 Å². The van der Waals surface area contributed by atoms with Crippen LogP contribution in [-0.2, 0) is 9.31 Å². The Kier molecular flexibility index (Phi) is 3.58. The average molecular weight is 335 g/mol. The molecule has 0 atom stereocenters. The smallest absolute Gasteiger partial charge is 0.399 e. The van der Waals surface area contributed by atoms with Gasteiger partial charge in [0.1, 0.15) is 0 Å². The summed E-state index contributed by atoms with van der Waals surface area (Å²) in [5.74, 6) is 0. The fraction of sp³-hybridized carbons (Fsp3) is 0.429. The summed E-state index contributed by atoms with van der Waals surface area (Å²) in [6.07, 6.45) is 0. The van der Waals surface area contributed by atoms with Crippen molar-refractivity contribution in [2.75, 3.05) is 0 Å². The van der Waals surface area contributed by atoms with E-state index in [-0.39, 0.29) is 18.3 Å². The van der Waals surface area contributed by atoms with Crippen molar-refractivity contribution in [2.45, 2.75) is 58.8 Å². The Morgan fingerprint density at radius 2 is 1.44 bits per heavy atom. The van der Waals surface area contributed by atoms with Gasteiger partial charge in [0.2, 0.25) is 0 Å². The molecule has 1 aliphatic heterocycles.